The fourth-order valence-corrected chi connectivity index (χ4v) is 3.75. The second-order valence-electron chi connectivity index (χ2n) is 7.21. The zero-order chi connectivity index (χ0) is 20.5. The summed E-state index contributed by atoms with van der Waals surface area (Å²) in [6, 6.07) is 21.5. The number of aromatic nitrogens is 3. The van der Waals surface area contributed by atoms with Gasteiger partial charge in [-0.2, -0.15) is 5.26 Å². The molecule has 2 aromatic heterocycles. The first-order valence-corrected chi connectivity index (χ1v) is 9.78. The number of amides is 1. The molecule has 3 heterocycles. The predicted octanol–water partition coefficient (Wildman–Crippen LogP) is 3.92. The van der Waals surface area contributed by atoms with Crippen LogP contribution in [-0.4, -0.2) is 31.9 Å². The van der Waals surface area contributed by atoms with Crippen LogP contribution in [0.3, 0.4) is 0 Å². The quantitative estimate of drug-likeness (QED) is 0.565. The van der Waals surface area contributed by atoms with E-state index >= 15 is 0 Å². The average molecular weight is 397 g/mol. The van der Waals surface area contributed by atoms with Gasteiger partial charge in [-0.15, -0.1) is 0 Å². The van der Waals surface area contributed by atoms with Gasteiger partial charge in [0.15, 0.2) is 5.65 Å². The van der Waals surface area contributed by atoms with Crippen LogP contribution in [0, 0.1) is 11.3 Å². The Labute approximate surface area is 173 Å². The van der Waals surface area contributed by atoms with Crippen LogP contribution >= 0.6 is 0 Å². The number of ether oxygens (including phenoxy) is 1. The number of hydrogen-bond acceptors (Lipinski definition) is 4. The van der Waals surface area contributed by atoms with E-state index in [-0.39, 0.29) is 12.3 Å². The summed E-state index contributed by atoms with van der Waals surface area (Å²) < 4.78 is 7.79. The molecule has 7 heteroatoms. The number of nitrogens with zero attached hydrogens (tertiary/aromatic N) is 4. The van der Waals surface area contributed by atoms with Crippen LogP contribution in [0.15, 0.2) is 60.7 Å². The summed E-state index contributed by atoms with van der Waals surface area (Å²) in [6.07, 6.45) is 0.605. The van der Waals surface area contributed by atoms with Gasteiger partial charge in [-0.3, -0.25) is 9.89 Å². The van der Waals surface area contributed by atoms with Gasteiger partial charge in [-0.1, -0.05) is 18.2 Å². The molecule has 1 aliphatic rings. The molecular formula is C23H19N5O2. The fourth-order valence-electron chi connectivity index (χ4n) is 3.75. The van der Waals surface area contributed by atoms with Gasteiger partial charge in [0.2, 0.25) is 5.91 Å². The van der Waals surface area contributed by atoms with Crippen LogP contribution in [0.1, 0.15) is 17.8 Å². The smallest absolute Gasteiger partial charge is 0.237 e. The number of benzene rings is 2. The van der Waals surface area contributed by atoms with Crippen LogP contribution in [0.25, 0.3) is 16.9 Å². The van der Waals surface area contributed by atoms with E-state index in [2.05, 4.69) is 5.10 Å². The summed E-state index contributed by atoms with van der Waals surface area (Å²) in [5.74, 6) is 1.43. The molecule has 0 fully saturated rings. The van der Waals surface area contributed by atoms with Gasteiger partial charge in [-0.25, -0.2) is 9.50 Å². The number of H-pyrrole nitrogens is 1. The second kappa shape index (κ2) is 7.41. The van der Waals surface area contributed by atoms with E-state index in [9.17, 15) is 4.79 Å². The Bertz CT molecular complexity index is 1250. The van der Waals surface area contributed by atoms with Gasteiger partial charge in [0.25, 0.3) is 0 Å². The highest BCUT2D eigenvalue weighted by Crippen LogP contribution is 2.28. The molecule has 0 bridgehead atoms. The molecule has 2 aromatic carbocycles. The van der Waals surface area contributed by atoms with Crippen molar-refractivity contribution in [2.45, 2.75) is 19.4 Å². The number of carbonyl (C=O) groups excluding carboxylic acids is 1. The third kappa shape index (κ3) is 3.29. The van der Waals surface area contributed by atoms with E-state index < -0.39 is 0 Å². The molecule has 7 nitrogen and oxygen atoms in total. The lowest BCUT2D eigenvalue weighted by atomic mass is 10.1. The summed E-state index contributed by atoms with van der Waals surface area (Å²) >= 11 is 0. The topological polar surface area (TPSA) is 86.4 Å². The third-order valence-electron chi connectivity index (χ3n) is 5.27. The molecule has 0 atom stereocenters. The highest BCUT2D eigenvalue weighted by atomic mass is 16.5. The van der Waals surface area contributed by atoms with E-state index in [1.54, 1.807) is 4.90 Å². The monoisotopic (exact) mass is 397 g/mol. The highest BCUT2D eigenvalue weighted by Gasteiger charge is 2.25. The fraction of sp³-hybridized carbons (Fsp3) is 0.174. The van der Waals surface area contributed by atoms with Gasteiger partial charge < -0.3 is 9.64 Å². The molecule has 148 valence electrons. The lowest BCUT2D eigenvalue weighted by Gasteiger charge is -2.25. The van der Waals surface area contributed by atoms with E-state index in [1.807, 2.05) is 71.2 Å². The molecule has 1 N–H and O–H groups in total. The maximum atomic E-state index is 12.1. The average Bonchev–Trinajstić information content (AvgIpc) is 3.33. The summed E-state index contributed by atoms with van der Waals surface area (Å²) in [5, 5.41) is 12.2. The van der Waals surface area contributed by atoms with Crippen LogP contribution in [0.4, 0.5) is 0 Å². The Balaban J connectivity index is 1.39. The normalized spacial score (nSPS) is 13.1. The summed E-state index contributed by atoms with van der Waals surface area (Å²) in [5.41, 5.74) is 4.75. The summed E-state index contributed by atoms with van der Waals surface area (Å²) in [7, 11) is 0. The zero-order valence-corrected chi connectivity index (χ0v) is 16.2. The first kappa shape index (κ1) is 18.0. The second-order valence-corrected chi connectivity index (χ2v) is 7.21. The molecule has 5 rings (SSSR count). The van der Waals surface area contributed by atoms with Gasteiger partial charge >= 0.3 is 0 Å². The minimum Gasteiger partial charge on any atom is -0.457 e. The van der Waals surface area contributed by atoms with Crippen LogP contribution in [0.5, 0.6) is 11.5 Å². The van der Waals surface area contributed by atoms with E-state index in [0.717, 1.165) is 39.8 Å². The van der Waals surface area contributed by atoms with Crippen molar-refractivity contribution in [2.75, 3.05) is 6.54 Å². The minimum atomic E-state index is -0.140. The Morgan fingerprint density at radius 1 is 1.13 bits per heavy atom. The number of fused-ring (bicyclic) bond motifs is 3. The molecular weight excluding hydrogens is 378 g/mol. The number of nitriles is 1. The number of aromatic amines is 1. The van der Waals surface area contributed by atoms with Crippen LogP contribution in [-0.2, 0) is 17.8 Å². The van der Waals surface area contributed by atoms with Crippen LogP contribution in [0.2, 0.25) is 0 Å². The van der Waals surface area contributed by atoms with Crippen molar-refractivity contribution >= 4 is 11.6 Å². The van der Waals surface area contributed by atoms with Crippen molar-refractivity contribution in [3.8, 4) is 28.8 Å². The summed E-state index contributed by atoms with van der Waals surface area (Å²) in [6.45, 7) is 1.06. The summed E-state index contributed by atoms with van der Waals surface area (Å²) in [4.78, 5) is 18.5. The minimum absolute atomic E-state index is 0.0926. The Morgan fingerprint density at radius 3 is 2.67 bits per heavy atom. The molecule has 1 aliphatic heterocycles. The maximum Gasteiger partial charge on any atom is 0.237 e. The lowest BCUT2D eigenvalue weighted by molar-refractivity contribution is -0.131. The number of carbonyl (C=O) groups is 1. The Kier molecular flexibility index (Phi) is 4.45. The van der Waals surface area contributed by atoms with Gasteiger partial charge in [0, 0.05) is 19.0 Å². The van der Waals surface area contributed by atoms with Crippen molar-refractivity contribution in [2.24, 2.45) is 0 Å². The van der Waals surface area contributed by atoms with Crippen molar-refractivity contribution < 1.29 is 9.53 Å². The Hall–Kier alpha value is -4.05. The molecule has 30 heavy (non-hydrogen) atoms. The molecule has 0 saturated heterocycles. The first-order chi connectivity index (χ1) is 14.7. The Morgan fingerprint density at radius 2 is 1.90 bits per heavy atom. The highest BCUT2D eigenvalue weighted by molar-refractivity contribution is 5.78. The zero-order valence-electron chi connectivity index (χ0n) is 16.2. The van der Waals surface area contributed by atoms with Crippen molar-refractivity contribution in [3.63, 3.8) is 0 Å². The first-order valence-electron chi connectivity index (χ1n) is 9.78. The van der Waals surface area contributed by atoms with Crippen LogP contribution < -0.4 is 4.74 Å². The number of hydrogen-bond donors (Lipinski definition) is 1. The lowest BCUT2D eigenvalue weighted by Crippen LogP contribution is -2.36. The number of rotatable bonds is 4. The predicted molar refractivity (Wildman–Crippen MR) is 111 cm³/mol. The molecule has 0 aliphatic carbocycles. The molecule has 1 amide bonds. The van der Waals surface area contributed by atoms with Gasteiger partial charge in [0.05, 0.1) is 29.7 Å². The maximum absolute atomic E-state index is 12.1. The third-order valence-corrected chi connectivity index (χ3v) is 5.27. The van der Waals surface area contributed by atoms with E-state index in [1.165, 1.54) is 0 Å². The molecule has 0 unspecified atom stereocenters. The number of nitrogens with one attached hydrogen (secondary N) is 1. The molecule has 0 radical (unpaired) electrons. The number of para-hydroxylation sites is 1. The van der Waals surface area contributed by atoms with Gasteiger partial charge in [0.1, 0.15) is 17.9 Å². The standard InChI is InChI=1S/C23H19N5O2/c24-12-10-23(29)27-13-11-19-21(15-27)28-22(25-19)14-20(26-28)16-6-8-18(9-7-16)30-17-4-2-1-3-5-17/h1-9,14,26H,10-11,13,15H2. The molecule has 0 spiro atoms. The molecule has 4 aromatic rings. The van der Waals surface area contributed by atoms with E-state index in [4.69, 9.17) is 15.0 Å². The van der Waals surface area contributed by atoms with E-state index in [0.29, 0.717) is 19.5 Å². The SMILES string of the molecule is N#CCC(=O)N1CCc2nc3cc(-c4ccc(Oc5ccccc5)cc4)[nH]n3c2C1. The number of imidazole rings is 1. The molecule has 0 saturated carbocycles. The van der Waals surface area contributed by atoms with Gasteiger partial charge in [-0.05, 0) is 42.0 Å². The van der Waals surface area contributed by atoms with Crippen molar-refractivity contribution in [1.82, 2.24) is 19.5 Å². The van der Waals surface area contributed by atoms with Crippen molar-refractivity contribution in [3.05, 3.63) is 72.1 Å². The van der Waals surface area contributed by atoms with Crippen molar-refractivity contribution in [1.29, 1.82) is 5.26 Å². The largest absolute Gasteiger partial charge is 0.457 e.